The molecule has 1 aromatic heterocycles. The van der Waals surface area contributed by atoms with E-state index in [1.807, 2.05) is 0 Å². The Balaban J connectivity index is 0.00000196. The van der Waals surface area contributed by atoms with Gasteiger partial charge in [-0.2, -0.15) is 5.10 Å². The molecule has 0 fully saturated rings. The van der Waals surface area contributed by atoms with Crippen LogP contribution in [0.2, 0.25) is 0 Å². The fourth-order valence-corrected chi connectivity index (χ4v) is 1.36. The van der Waals surface area contributed by atoms with Crippen LogP contribution in [0, 0.1) is 0 Å². The molecule has 1 heterocycles. The molecular formula is C7H11LiN2O4S. The van der Waals surface area contributed by atoms with Gasteiger partial charge in [0.2, 0.25) is 0 Å². The number of rotatable bonds is 3. The van der Waals surface area contributed by atoms with E-state index in [2.05, 4.69) is 5.10 Å². The van der Waals surface area contributed by atoms with Gasteiger partial charge in [0.05, 0.1) is 0 Å². The number of carboxylic acid groups (broad SMARTS) is 1. The third kappa shape index (κ3) is 3.37. The summed E-state index contributed by atoms with van der Waals surface area (Å²) in [7, 11) is -3.26. The van der Waals surface area contributed by atoms with Crippen LogP contribution >= 0.6 is 0 Å². The zero-order chi connectivity index (χ0) is 10.9. The first-order chi connectivity index (χ1) is 6.32. The molecule has 0 radical (unpaired) electrons. The molecule has 15 heavy (non-hydrogen) atoms. The number of aromatic nitrogens is 2. The van der Waals surface area contributed by atoms with E-state index in [0.29, 0.717) is 0 Å². The van der Waals surface area contributed by atoms with Crippen molar-refractivity contribution in [2.75, 3.05) is 6.26 Å². The van der Waals surface area contributed by atoms with Gasteiger partial charge in [0.25, 0.3) is 0 Å². The Morgan fingerprint density at radius 1 is 1.60 bits per heavy atom. The molecule has 0 aliphatic heterocycles. The van der Waals surface area contributed by atoms with Crippen LogP contribution in [0.5, 0.6) is 0 Å². The Kier molecular flexibility index (Phi) is 4.58. The van der Waals surface area contributed by atoms with Crippen LogP contribution in [0.4, 0.5) is 0 Å². The minimum atomic E-state index is -3.26. The van der Waals surface area contributed by atoms with Gasteiger partial charge in [0.15, 0.2) is 15.5 Å². The standard InChI is InChI=1S/C7H10N2O4S.Li.H/c1-5(14(2,12)13)9-4-3-6(8-9)7(10)11;;/h3-5H,1-2H3,(H,10,11);;. The van der Waals surface area contributed by atoms with Crippen molar-refractivity contribution in [1.82, 2.24) is 9.78 Å². The number of carboxylic acids is 1. The number of carbonyl (C=O) groups is 1. The maximum absolute atomic E-state index is 11.1. The van der Waals surface area contributed by atoms with E-state index in [-0.39, 0.29) is 24.6 Å². The van der Waals surface area contributed by atoms with Crippen LogP contribution in [0.25, 0.3) is 0 Å². The third-order valence-electron chi connectivity index (χ3n) is 1.82. The summed E-state index contributed by atoms with van der Waals surface area (Å²) >= 11 is 0. The monoisotopic (exact) mass is 226 g/mol. The molecule has 0 saturated carbocycles. The number of aromatic carboxylic acids is 1. The number of sulfone groups is 1. The summed E-state index contributed by atoms with van der Waals surface area (Å²) in [4.78, 5) is 10.5. The molecule has 0 aromatic carbocycles. The van der Waals surface area contributed by atoms with E-state index in [1.165, 1.54) is 19.2 Å². The van der Waals surface area contributed by atoms with Crippen molar-refractivity contribution in [2.45, 2.75) is 12.3 Å². The van der Waals surface area contributed by atoms with Crippen molar-refractivity contribution in [1.29, 1.82) is 0 Å². The van der Waals surface area contributed by atoms with Crippen molar-refractivity contribution in [3.8, 4) is 0 Å². The Hall–Kier alpha value is -0.773. The van der Waals surface area contributed by atoms with E-state index in [4.69, 9.17) is 5.11 Å². The third-order valence-corrected chi connectivity index (χ3v) is 3.27. The molecule has 6 nitrogen and oxygen atoms in total. The Bertz CT molecular complexity index is 453. The van der Waals surface area contributed by atoms with Crippen molar-refractivity contribution < 1.29 is 18.3 Å². The first-order valence-electron chi connectivity index (χ1n) is 3.79. The van der Waals surface area contributed by atoms with Gasteiger partial charge in [-0.1, -0.05) is 0 Å². The second-order valence-corrected chi connectivity index (χ2v) is 5.26. The van der Waals surface area contributed by atoms with Gasteiger partial charge >= 0.3 is 24.8 Å². The normalized spacial score (nSPS) is 12.9. The zero-order valence-electron chi connectivity index (χ0n) is 7.71. The molecule has 1 atom stereocenters. The van der Waals surface area contributed by atoms with Crippen LogP contribution in [0.15, 0.2) is 12.3 Å². The molecule has 80 valence electrons. The van der Waals surface area contributed by atoms with Gasteiger partial charge in [-0.25, -0.2) is 13.2 Å². The summed E-state index contributed by atoms with van der Waals surface area (Å²) < 4.78 is 23.3. The van der Waals surface area contributed by atoms with Crippen molar-refractivity contribution in [2.24, 2.45) is 0 Å². The van der Waals surface area contributed by atoms with Gasteiger partial charge in [-0.05, 0) is 13.0 Å². The van der Waals surface area contributed by atoms with Gasteiger partial charge in [-0.15, -0.1) is 0 Å². The summed E-state index contributed by atoms with van der Waals surface area (Å²) in [6.45, 7) is 1.44. The fourth-order valence-electron chi connectivity index (χ4n) is 0.851. The summed E-state index contributed by atoms with van der Waals surface area (Å²) in [6.07, 6.45) is 2.40. The number of hydrogen-bond donors (Lipinski definition) is 1. The SMILES string of the molecule is CC(n1ccc(C(=O)O)n1)S(C)(=O)=O.[LiH]. The second kappa shape index (κ2) is 4.83. The average molecular weight is 226 g/mol. The van der Waals surface area contributed by atoms with E-state index in [1.54, 1.807) is 0 Å². The van der Waals surface area contributed by atoms with Crippen molar-refractivity contribution in [3.05, 3.63) is 18.0 Å². The van der Waals surface area contributed by atoms with E-state index in [9.17, 15) is 13.2 Å². The predicted octanol–water partition coefficient (Wildman–Crippen LogP) is -0.504. The van der Waals surface area contributed by atoms with Gasteiger partial charge in [0, 0.05) is 12.5 Å². The second-order valence-electron chi connectivity index (χ2n) is 2.91. The number of nitrogens with zero attached hydrogens (tertiary/aromatic N) is 2. The van der Waals surface area contributed by atoms with E-state index >= 15 is 0 Å². The Labute approximate surface area is 99.4 Å². The quantitative estimate of drug-likeness (QED) is 0.701. The van der Waals surface area contributed by atoms with Crippen LogP contribution in [-0.2, 0) is 9.84 Å². The number of hydrogen-bond acceptors (Lipinski definition) is 4. The fraction of sp³-hybridized carbons (Fsp3) is 0.429. The first-order valence-corrected chi connectivity index (χ1v) is 5.75. The van der Waals surface area contributed by atoms with Gasteiger partial charge < -0.3 is 5.11 Å². The van der Waals surface area contributed by atoms with E-state index in [0.717, 1.165) is 10.9 Å². The molecule has 0 spiro atoms. The molecule has 8 heteroatoms. The molecule has 0 bridgehead atoms. The maximum atomic E-state index is 11.1. The van der Waals surface area contributed by atoms with Gasteiger partial charge in [-0.3, -0.25) is 4.68 Å². The van der Waals surface area contributed by atoms with E-state index < -0.39 is 21.2 Å². The van der Waals surface area contributed by atoms with Crippen LogP contribution in [0.1, 0.15) is 22.8 Å². The topological polar surface area (TPSA) is 89.3 Å². The molecule has 0 saturated heterocycles. The molecule has 1 aromatic rings. The van der Waals surface area contributed by atoms with Crippen LogP contribution in [0.3, 0.4) is 0 Å². The summed E-state index contributed by atoms with van der Waals surface area (Å²) in [5.41, 5.74) is -0.166. The summed E-state index contributed by atoms with van der Waals surface area (Å²) in [6, 6.07) is 1.25. The minimum absolute atomic E-state index is 0. The molecule has 1 N–H and O–H groups in total. The predicted molar refractivity (Wildman–Crippen MR) is 55.9 cm³/mol. The molecule has 1 rings (SSSR count). The summed E-state index contributed by atoms with van der Waals surface area (Å²) in [5, 5.41) is 11.3. The molecule has 0 aliphatic carbocycles. The zero-order valence-corrected chi connectivity index (χ0v) is 8.52. The van der Waals surface area contributed by atoms with Crippen molar-refractivity contribution >= 4 is 34.7 Å². The van der Waals surface area contributed by atoms with Crippen molar-refractivity contribution in [3.63, 3.8) is 0 Å². The molecular weight excluding hydrogens is 215 g/mol. The molecule has 0 aliphatic rings. The first kappa shape index (κ1) is 14.2. The Morgan fingerprint density at radius 2 is 2.13 bits per heavy atom. The van der Waals surface area contributed by atoms with Gasteiger partial charge in [0.1, 0.15) is 5.37 Å². The summed E-state index contributed by atoms with van der Waals surface area (Å²) in [5.74, 6) is -1.18. The van der Waals surface area contributed by atoms with Crippen LogP contribution < -0.4 is 0 Å². The Morgan fingerprint density at radius 3 is 2.47 bits per heavy atom. The molecule has 1 unspecified atom stereocenters. The average Bonchev–Trinajstić information content (AvgIpc) is 2.48. The van der Waals surface area contributed by atoms with Crippen LogP contribution in [-0.4, -0.2) is 54.4 Å². The molecule has 0 amide bonds.